The van der Waals surface area contributed by atoms with Gasteiger partial charge in [0.2, 0.25) is 5.91 Å². The maximum absolute atomic E-state index is 13.8. The molecule has 0 bridgehead atoms. The summed E-state index contributed by atoms with van der Waals surface area (Å²) < 4.78 is 19.4. The molecule has 24 heavy (non-hydrogen) atoms. The third-order valence-electron chi connectivity index (χ3n) is 4.96. The van der Waals surface area contributed by atoms with Gasteiger partial charge in [-0.3, -0.25) is 4.79 Å². The van der Waals surface area contributed by atoms with Crippen LogP contribution >= 0.6 is 0 Å². The Labute approximate surface area is 141 Å². The van der Waals surface area contributed by atoms with Crippen molar-refractivity contribution in [2.75, 3.05) is 37.7 Å². The van der Waals surface area contributed by atoms with E-state index in [0.717, 1.165) is 19.4 Å². The topological polar surface area (TPSA) is 56.6 Å². The monoisotopic (exact) mass is 331 g/mol. The molecule has 2 heterocycles. The Morgan fingerprint density at radius 3 is 2.75 bits per heavy atom. The van der Waals surface area contributed by atoms with E-state index in [1.54, 1.807) is 12.1 Å². The van der Waals surface area contributed by atoms with Crippen LogP contribution in [0.1, 0.15) is 25.3 Å². The molecule has 0 aliphatic carbocycles. The van der Waals surface area contributed by atoms with Crippen molar-refractivity contribution in [3.8, 4) is 6.07 Å². The number of carbonyl (C=O) groups is 1. The van der Waals surface area contributed by atoms with Gasteiger partial charge < -0.3 is 14.5 Å². The quantitative estimate of drug-likeness (QED) is 0.833. The first-order chi connectivity index (χ1) is 11.6. The summed E-state index contributed by atoms with van der Waals surface area (Å²) in [4.78, 5) is 16.6. The number of rotatable bonds is 2. The zero-order chi connectivity index (χ0) is 17.1. The average Bonchev–Trinajstić information content (AvgIpc) is 2.61. The average molecular weight is 331 g/mol. The van der Waals surface area contributed by atoms with Crippen LogP contribution in [0, 0.1) is 23.1 Å². The van der Waals surface area contributed by atoms with Crippen LogP contribution in [0.5, 0.6) is 0 Å². The molecule has 0 unspecified atom stereocenters. The molecule has 0 N–H and O–H groups in total. The van der Waals surface area contributed by atoms with E-state index in [4.69, 9.17) is 4.74 Å². The van der Waals surface area contributed by atoms with Gasteiger partial charge in [-0.2, -0.15) is 5.26 Å². The molecule has 6 heteroatoms. The number of amides is 1. The van der Waals surface area contributed by atoms with Crippen LogP contribution < -0.4 is 4.90 Å². The highest BCUT2D eigenvalue weighted by Crippen LogP contribution is 2.26. The Balaban J connectivity index is 1.65. The summed E-state index contributed by atoms with van der Waals surface area (Å²) in [6.45, 7) is 5.07. The fraction of sp³-hybridized carbons (Fsp3) is 0.556. The number of nitriles is 1. The molecule has 2 aliphatic heterocycles. The summed E-state index contributed by atoms with van der Waals surface area (Å²) in [6.07, 6.45) is 1.77. The summed E-state index contributed by atoms with van der Waals surface area (Å²) in [7, 11) is 0. The number of nitrogens with zero attached hydrogens (tertiary/aromatic N) is 3. The second-order valence-corrected chi connectivity index (χ2v) is 6.38. The predicted molar refractivity (Wildman–Crippen MR) is 88.0 cm³/mol. The zero-order valence-corrected chi connectivity index (χ0v) is 13.9. The van der Waals surface area contributed by atoms with Gasteiger partial charge in [0.25, 0.3) is 0 Å². The summed E-state index contributed by atoms with van der Waals surface area (Å²) in [5, 5.41) is 9.17. The Hall–Kier alpha value is -2.13. The Bertz CT molecular complexity index is 650. The van der Waals surface area contributed by atoms with Crippen molar-refractivity contribution >= 4 is 11.6 Å². The lowest BCUT2D eigenvalue weighted by atomic mass is 9.93. The molecule has 0 spiro atoms. The molecule has 1 aromatic carbocycles. The molecule has 0 aromatic heterocycles. The SMILES string of the molecule is C[C@@H]1OCCC[C@@H]1C(=O)N1CCN(c2cccc(F)c2C#N)CC1. The molecule has 2 saturated heterocycles. The molecular formula is C18H22FN3O2. The fourth-order valence-corrected chi connectivity index (χ4v) is 3.54. The molecule has 2 fully saturated rings. The van der Waals surface area contributed by atoms with E-state index in [-0.39, 0.29) is 23.5 Å². The molecule has 0 saturated carbocycles. The third-order valence-corrected chi connectivity index (χ3v) is 4.96. The van der Waals surface area contributed by atoms with Gasteiger partial charge >= 0.3 is 0 Å². The molecule has 5 nitrogen and oxygen atoms in total. The largest absolute Gasteiger partial charge is 0.378 e. The van der Waals surface area contributed by atoms with Crippen molar-refractivity contribution < 1.29 is 13.9 Å². The van der Waals surface area contributed by atoms with Crippen molar-refractivity contribution in [1.29, 1.82) is 5.26 Å². The van der Waals surface area contributed by atoms with Crippen LogP contribution in [-0.2, 0) is 9.53 Å². The number of ether oxygens (including phenoxy) is 1. The summed E-state index contributed by atoms with van der Waals surface area (Å²) >= 11 is 0. The highest BCUT2D eigenvalue weighted by Gasteiger charge is 2.33. The second-order valence-electron chi connectivity index (χ2n) is 6.38. The number of anilines is 1. The fourth-order valence-electron chi connectivity index (χ4n) is 3.54. The lowest BCUT2D eigenvalue weighted by molar-refractivity contribution is -0.144. The molecule has 2 aliphatic rings. The molecular weight excluding hydrogens is 309 g/mol. The van der Waals surface area contributed by atoms with E-state index in [9.17, 15) is 14.4 Å². The number of halogens is 1. The van der Waals surface area contributed by atoms with Crippen LogP contribution in [0.3, 0.4) is 0 Å². The maximum atomic E-state index is 13.8. The van der Waals surface area contributed by atoms with Crippen molar-refractivity contribution in [3.05, 3.63) is 29.6 Å². The number of hydrogen-bond donors (Lipinski definition) is 0. The first-order valence-electron chi connectivity index (χ1n) is 8.45. The number of hydrogen-bond acceptors (Lipinski definition) is 4. The molecule has 2 atom stereocenters. The van der Waals surface area contributed by atoms with Crippen LogP contribution in [0.25, 0.3) is 0 Å². The molecule has 128 valence electrons. The Kier molecular flexibility index (Phi) is 5.00. The van der Waals surface area contributed by atoms with Gasteiger partial charge in [0, 0.05) is 32.8 Å². The molecule has 1 aromatic rings. The third kappa shape index (κ3) is 3.22. The van der Waals surface area contributed by atoms with Crippen LogP contribution in [0.2, 0.25) is 0 Å². The van der Waals surface area contributed by atoms with E-state index < -0.39 is 5.82 Å². The van der Waals surface area contributed by atoms with Gasteiger partial charge in [0.15, 0.2) is 0 Å². The maximum Gasteiger partial charge on any atom is 0.228 e. The van der Waals surface area contributed by atoms with Gasteiger partial charge in [0.1, 0.15) is 17.4 Å². The van der Waals surface area contributed by atoms with Crippen molar-refractivity contribution in [2.45, 2.75) is 25.9 Å². The minimum atomic E-state index is -0.498. The summed E-state index contributed by atoms with van der Waals surface area (Å²) in [5.74, 6) is -0.405. The van der Waals surface area contributed by atoms with Crippen molar-refractivity contribution in [3.63, 3.8) is 0 Å². The summed E-state index contributed by atoms with van der Waals surface area (Å²) in [5.41, 5.74) is 0.686. The van der Waals surface area contributed by atoms with Crippen LogP contribution in [0.4, 0.5) is 10.1 Å². The summed E-state index contributed by atoms with van der Waals surface area (Å²) in [6, 6.07) is 6.61. The highest BCUT2D eigenvalue weighted by atomic mass is 19.1. The Morgan fingerprint density at radius 2 is 2.08 bits per heavy atom. The van der Waals surface area contributed by atoms with E-state index in [1.165, 1.54) is 6.07 Å². The van der Waals surface area contributed by atoms with Gasteiger partial charge in [-0.25, -0.2) is 4.39 Å². The number of benzene rings is 1. The van der Waals surface area contributed by atoms with Crippen molar-refractivity contribution in [2.24, 2.45) is 5.92 Å². The number of carbonyl (C=O) groups excluding carboxylic acids is 1. The van der Waals surface area contributed by atoms with E-state index >= 15 is 0 Å². The van der Waals surface area contributed by atoms with Crippen LogP contribution in [-0.4, -0.2) is 49.7 Å². The van der Waals surface area contributed by atoms with E-state index in [0.29, 0.717) is 31.9 Å². The lowest BCUT2D eigenvalue weighted by Gasteiger charge is -2.39. The second kappa shape index (κ2) is 7.18. The van der Waals surface area contributed by atoms with E-state index in [1.807, 2.05) is 22.8 Å². The highest BCUT2D eigenvalue weighted by molar-refractivity contribution is 5.80. The minimum Gasteiger partial charge on any atom is -0.378 e. The normalized spacial score (nSPS) is 24.5. The number of piperazine rings is 1. The Morgan fingerprint density at radius 1 is 1.33 bits per heavy atom. The lowest BCUT2D eigenvalue weighted by Crippen LogP contribution is -2.52. The molecule has 3 rings (SSSR count). The van der Waals surface area contributed by atoms with Crippen molar-refractivity contribution in [1.82, 2.24) is 4.90 Å². The molecule has 0 radical (unpaired) electrons. The zero-order valence-electron chi connectivity index (χ0n) is 13.9. The van der Waals surface area contributed by atoms with Crippen LogP contribution in [0.15, 0.2) is 18.2 Å². The van der Waals surface area contributed by atoms with Gasteiger partial charge in [-0.1, -0.05) is 6.07 Å². The molecule has 1 amide bonds. The van der Waals surface area contributed by atoms with E-state index in [2.05, 4.69) is 0 Å². The van der Waals surface area contributed by atoms with Gasteiger partial charge in [-0.05, 0) is 31.9 Å². The van der Waals surface area contributed by atoms with Gasteiger partial charge in [0.05, 0.1) is 17.7 Å². The van der Waals surface area contributed by atoms with Gasteiger partial charge in [-0.15, -0.1) is 0 Å². The standard InChI is InChI=1S/C18H22FN3O2/c1-13-14(4-3-11-24-13)18(23)22-9-7-21(8-10-22)17-6-2-5-16(19)15(17)12-20/h2,5-6,13-14H,3-4,7-11H2,1H3/t13-,14-/m0/s1. The predicted octanol–water partition coefficient (Wildman–Crippen LogP) is 2.16. The first-order valence-corrected chi connectivity index (χ1v) is 8.45. The first kappa shape index (κ1) is 16.7. The smallest absolute Gasteiger partial charge is 0.228 e. The minimum absolute atomic E-state index is 0.0299.